The number of amides is 1. The van der Waals surface area contributed by atoms with Crippen LogP contribution in [0.1, 0.15) is 30.3 Å². The first-order valence-electron chi connectivity index (χ1n) is 9.86. The zero-order valence-electron chi connectivity index (χ0n) is 16.5. The van der Waals surface area contributed by atoms with Crippen molar-refractivity contribution in [1.29, 1.82) is 0 Å². The summed E-state index contributed by atoms with van der Waals surface area (Å²) in [5.41, 5.74) is 1.03. The third kappa shape index (κ3) is 7.81. The van der Waals surface area contributed by atoms with Crippen LogP contribution < -0.4 is 15.4 Å². The number of hydrogen-bond donors (Lipinski definition) is 2. The van der Waals surface area contributed by atoms with E-state index in [-0.39, 0.29) is 26.8 Å². The summed E-state index contributed by atoms with van der Waals surface area (Å²) in [6.07, 6.45) is 3.48. The predicted molar refractivity (Wildman–Crippen MR) is 116 cm³/mol. The molecule has 0 unspecified atom stereocenters. The third-order valence-electron chi connectivity index (χ3n) is 4.16. The van der Waals surface area contributed by atoms with Gasteiger partial charge in [-0.05, 0) is 12.1 Å². The van der Waals surface area contributed by atoms with Gasteiger partial charge in [-0.1, -0.05) is 18.2 Å². The van der Waals surface area contributed by atoms with E-state index in [1.807, 2.05) is 36.4 Å². The van der Waals surface area contributed by atoms with Crippen molar-refractivity contribution in [3.8, 4) is 5.75 Å². The summed E-state index contributed by atoms with van der Waals surface area (Å²) in [4.78, 5) is 23.6. The molecule has 156 valence electrons. The van der Waals surface area contributed by atoms with Crippen molar-refractivity contribution < 1.29 is 14.3 Å². The first-order valence-corrected chi connectivity index (χ1v) is 11.6. The Hall–Kier alpha value is -2.96. The molecular weight excluding hydrogens is 447 g/mol. The molecule has 1 aromatic heterocycles. The molecule has 0 aliphatic rings. The minimum absolute atomic E-state index is 0.142. The number of para-hydroxylation sites is 2. The Bertz CT molecular complexity index is 932. The first-order chi connectivity index (χ1) is 14.7. The van der Waals surface area contributed by atoms with Crippen LogP contribution in [0.5, 0.6) is 5.75 Å². The molecule has 7 nitrogen and oxygen atoms in total. The number of carbonyl (C=O) groups excluding carboxylic acids is 2. The molecule has 0 saturated carbocycles. The monoisotopic (exact) mass is 472 g/mol. The summed E-state index contributed by atoms with van der Waals surface area (Å²) in [6, 6.07) is 18.7. The summed E-state index contributed by atoms with van der Waals surface area (Å²) in [6.45, 7) is 0.548. The summed E-state index contributed by atoms with van der Waals surface area (Å²) >= 11 is 0.142. The molecule has 0 bridgehead atoms. The van der Waals surface area contributed by atoms with E-state index < -0.39 is 5.97 Å². The second-order valence-electron chi connectivity index (χ2n) is 6.62. The van der Waals surface area contributed by atoms with Crippen molar-refractivity contribution in [2.24, 2.45) is 0 Å². The second kappa shape index (κ2) is 11.9. The fraction of sp³-hybridized carbons (Fsp3) is 0.273. The number of rotatable bonds is 11. The number of esters is 1. The van der Waals surface area contributed by atoms with Crippen molar-refractivity contribution >= 4 is 36.8 Å². The zero-order chi connectivity index (χ0) is 21.0. The third-order valence-corrected chi connectivity index (χ3v) is 6.05. The Labute approximate surface area is 181 Å². The van der Waals surface area contributed by atoms with Gasteiger partial charge in [-0.2, -0.15) is 0 Å². The molecule has 0 spiro atoms. The molecule has 2 N–H and O–H groups in total. The van der Waals surface area contributed by atoms with Crippen molar-refractivity contribution in [3.05, 3.63) is 65.2 Å². The summed E-state index contributed by atoms with van der Waals surface area (Å²) in [5, 5.41) is 14.6. The van der Waals surface area contributed by atoms with Crippen LogP contribution in [0.3, 0.4) is 0 Å². The number of ether oxygens (including phenoxy) is 1. The van der Waals surface area contributed by atoms with E-state index in [4.69, 9.17) is 4.74 Å². The maximum absolute atomic E-state index is 11.8. The quantitative estimate of drug-likeness (QED) is 0.147. The van der Waals surface area contributed by atoms with Gasteiger partial charge >= 0.3 is 151 Å². The normalized spacial score (nSPS) is 10.4. The SMILES string of the molecule is O=C(CC(=O)Oc1ccccc1)NCCCCCc1nnc(Nc2ccccc2)[se]1. The number of carbonyl (C=O) groups is 2. The molecule has 0 saturated heterocycles. The van der Waals surface area contributed by atoms with Crippen LogP contribution in [0, 0.1) is 0 Å². The predicted octanol–water partition coefficient (Wildman–Crippen LogP) is 3.10. The molecule has 30 heavy (non-hydrogen) atoms. The Morgan fingerprint density at radius 3 is 2.40 bits per heavy atom. The van der Waals surface area contributed by atoms with Gasteiger partial charge < -0.3 is 0 Å². The molecule has 2 aromatic carbocycles. The van der Waals surface area contributed by atoms with E-state index in [1.165, 1.54) is 0 Å². The van der Waals surface area contributed by atoms with Crippen LogP contribution in [0.25, 0.3) is 0 Å². The number of aryl methyl sites for hydroxylation is 1. The van der Waals surface area contributed by atoms with Crippen LogP contribution >= 0.6 is 0 Å². The Morgan fingerprint density at radius 1 is 0.900 bits per heavy atom. The maximum atomic E-state index is 11.8. The molecule has 1 heterocycles. The van der Waals surface area contributed by atoms with E-state index in [0.717, 1.165) is 40.6 Å². The first kappa shape index (κ1) is 21.7. The van der Waals surface area contributed by atoms with Gasteiger partial charge in [0.1, 0.15) is 0 Å². The summed E-state index contributed by atoms with van der Waals surface area (Å²) in [5.74, 6) is -0.428. The van der Waals surface area contributed by atoms with Crippen molar-refractivity contribution in [3.63, 3.8) is 0 Å². The van der Waals surface area contributed by atoms with E-state index >= 15 is 0 Å². The van der Waals surface area contributed by atoms with E-state index in [9.17, 15) is 9.59 Å². The minimum atomic E-state index is -0.555. The number of aromatic nitrogens is 2. The zero-order valence-corrected chi connectivity index (χ0v) is 18.3. The molecule has 0 aliphatic carbocycles. The average molecular weight is 471 g/mol. The molecule has 0 radical (unpaired) electrons. The van der Waals surface area contributed by atoms with Crippen LogP contribution in [0.15, 0.2) is 60.7 Å². The number of nitrogens with one attached hydrogen (secondary N) is 2. The topological polar surface area (TPSA) is 93.2 Å². The van der Waals surface area contributed by atoms with Gasteiger partial charge in [-0.25, -0.2) is 0 Å². The molecule has 3 aromatic rings. The van der Waals surface area contributed by atoms with Crippen molar-refractivity contribution in [1.82, 2.24) is 15.5 Å². The standard InChI is InChI=1S/C22H24N4O3Se/c27-19(16-21(28)29-18-12-6-2-7-13-18)23-15-9-3-8-14-20-25-26-22(30-20)24-17-10-4-1-5-11-17/h1-2,4-7,10-13H,3,8-9,14-16H2,(H,23,27)(H,24,26). The van der Waals surface area contributed by atoms with Gasteiger partial charge in [-0.3, -0.25) is 0 Å². The number of nitrogens with zero attached hydrogens (tertiary/aromatic N) is 2. The fourth-order valence-corrected chi connectivity index (χ4v) is 4.39. The molecule has 0 aliphatic heterocycles. The molecule has 0 fully saturated rings. The van der Waals surface area contributed by atoms with Crippen LogP contribution in [-0.2, 0) is 16.0 Å². The Balaban J connectivity index is 1.25. The summed E-state index contributed by atoms with van der Waals surface area (Å²) < 4.78 is 7.17. The summed E-state index contributed by atoms with van der Waals surface area (Å²) in [7, 11) is 0. The van der Waals surface area contributed by atoms with Crippen LogP contribution in [-0.4, -0.2) is 43.1 Å². The average Bonchev–Trinajstić information content (AvgIpc) is 3.19. The molecule has 8 heteroatoms. The van der Waals surface area contributed by atoms with Gasteiger partial charge in [0.2, 0.25) is 0 Å². The van der Waals surface area contributed by atoms with Gasteiger partial charge in [-0.15, -0.1) is 0 Å². The molecule has 3 rings (SSSR count). The van der Waals surface area contributed by atoms with Crippen LogP contribution in [0.4, 0.5) is 10.4 Å². The van der Waals surface area contributed by atoms with Gasteiger partial charge in [0, 0.05) is 0 Å². The number of anilines is 2. The molecule has 1 amide bonds. The van der Waals surface area contributed by atoms with E-state index in [2.05, 4.69) is 20.8 Å². The van der Waals surface area contributed by atoms with Crippen molar-refractivity contribution in [2.45, 2.75) is 32.1 Å². The van der Waals surface area contributed by atoms with E-state index in [1.54, 1.807) is 24.3 Å². The van der Waals surface area contributed by atoms with Gasteiger partial charge in [0.05, 0.1) is 0 Å². The fourth-order valence-electron chi connectivity index (χ4n) is 2.71. The number of benzene rings is 2. The Kier molecular flexibility index (Phi) is 8.62. The number of unbranched alkanes of at least 4 members (excludes halogenated alkanes) is 2. The van der Waals surface area contributed by atoms with Crippen LogP contribution in [0.2, 0.25) is 0 Å². The number of hydrogen-bond acceptors (Lipinski definition) is 6. The van der Waals surface area contributed by atoms with E-state index in [0.29, 0.717) is 12.3 Å². The van der Waals surface area contributed by atoms with Gasteiger partial charge in [0.15, 0.2) is 0 Å². The Morgan fingerprint density at radius 2 is 1.63 bits per heavy atom. The van der Waals surface area contributed by atoms with Crippen molar-refractivity contribution in [2.75, 3.05) is 11.9 Å². The van der Waals surface area contributed by atoms with Gasteiger partial charge in [0.25, 0.3) is 0 Å². The molecular formula is C22H24N4O3Se. The molecule has 0 atom stereocenters. The second-order valence-corrected chi connectivity index (χ2v) is 8.84.